The molecule has 1 amide bonds. The van der Waals surface area contributed by atoms with Crippen molar-refractivity contribution in [2.24, 2.45) is 5.92 Å². The molecule has 24 heavy (non-hydrogen) atoms. The molecule has 0 aromatic carbocycles. The van der Waals surface area contributed by atoms with Gasteiger partial charge in [0.15, 0.2) is 0 Å². The number of amides is 1. The predicted molar refractivity (Wildman–Crippen MR) is 94.9 cm³/mol. The van der Waals surface area contributed by atoms with Gasteiger partial charge < -0.3 is 10.2 Å². The first-order valence-electron chi connectivity index (χ1n) is 9.59. The first-order valence-corrected chi connectivity index (χ1v) is 9.59. The van der Waals surface area contributed by atoms with E-state index in [0.717, 1.165) is 31.1 Å². The number of carbonyl (C=O) groups is 1. The molecule has 0 atom stereocenters. The van der Waals surface area contributed by atoms with Crippen molar-refractivity contribution in [1.82, 2.24) is 20.2 Å². The zero-order valence-electron chi connectivity index (χ0n) is 14.8. The van der Waals surface area contributed by atoms with E-state index in [1.807, 2.05) is 0 Å². The van der Waals surface area contributed by atoms with Crippen molar-refractivity contribution in [3.63, 3.8) is 0 Å². The number of likely N-dealkylation sites (tertiary alicyclic amines) is 1. The van der Waals surface area contributed by atoms with E-state index in [9.17, 15) is 4.79 Å². The van der Waals surface area contributed by atoms with E-state index in [2.05, 4.69) is 27.1 Å². The van der Waals surface area contributed by atoms with Gasteiger partial charge in [-0.25, -0.2) is 9.97 Å². The maximum atomic E-state index is 12.5. The highest BCUT2D eigenvalue weighted by Crippen LogP contribution is 2.27. The number of nitrogens with one attached hydrogen (secondary N) is 1. The van der Waals surface area contributed by atoms with Gasteiger partial charge in [-0.2, -0.15) is 0 Å². The van der Waals surface area contributed by atoms with Gasteiger partial charge in [0.25, 0.3) is 5.91 Å². The molecule has 0 bridgehead atoms. The molecule has 0 radical (unpaired) electrons. The van der Waals surface area contributed by atoms with Gasteiger partial charge in [-0.1, -0.05) is 26.2 Å². The van der Waals surface area contributed by atoms with Gasteiger partial charge in [0.1, 0.15) is 6.33 Å². The molecule has 5 nitrogen and oxygen atoms in total. The lowest BCUT2D eigenvalue weighted by molar-refractivity contribution is 0.0923. The minimum Gasteiger partial charge on any atom is -0.352 e. The predicted octanol–water partition coefficient (Wildman–Crippen LogP) is 2.81. The maximum Gasteiger partial charge on any atom is 0.254 e. The van der Waals surface area contributed by atoms with E-state index < -0.39 is 0 Å². The zero-order chi connectivity index (χ0) is 16.8. The summed E-state index contributed by atoms with van der Waals surface area (Å²) in [5, 5.41) is 3.11. The smallest absolute Gasteiger partial charge is 0.254 e. The van der Waals surface area contributed by atoms with Crippen molar-refractivity contribution in [2.45, 2.75) is 64.3 Å². The molecule has 1 aromatic heterocycles. The summed E-state index contributed by atoms with van der Waals surface area (Å²) >= 11 is 0. The number of hydrogen-bond donors (Lipinski definition) is 1. The second-order valence-electron chi connectivity index (χ2n) is 7.26. The average Bonchev–Trinajstić information content (AvgIpc) is 3.15. The maximum absolute atomic E-state index is 12.5. The summed E-state index contributed by atoms with van der Waals surface area (Å²) < 4.78 is 0. The molecule has 2 fully saturated rings. The molecule has 132 valence electrons. The minimum atomic E-state index is -0.0164. The second-order valence-corrected chi connectivity index (χ2v) is 7.26. The topological polar surface area (TPSA) is 58.1 Å². The van der Waals surface area contributed by atoms with Crippen LogP contribution in [0, 0.1) is 5.92 Å². The van der Waals surface area contributed by atoms with Gasteiger partial charge >= 0.3 is 0 Å². The second kappa shape index (κ2) is 8.56. The highest BCUT2D eigenvalue weighted by atomic mass is 16.1. The number of hydrogen-bond acceptors (Lipinski definition) is 4. The van der Waals surface area contributed by atoms with Gasteiger partial charge in [0, 0.05) is 18.8 Å². The SMILES string of the molecule is CCCc1ncncc1C(=O)NCC1CCN(C2CCCC2)CC1. The zero-order valence-corrected chi connectivity index (χ0v) is 14.8. The highest BCUT2D eigenvalue weighted by molar-refractivity contribution is 5.94. The molecule has 2 aliphatic rings. The molecule has 1 saturated heterocycles. The lowest BCUT2D eigenvalue weighted by Gasteiger charge is -2.36. The van der Waals surface area contributed by atoms with Gasteiger partial charge in [-0.3, -0.25) is 4.79 Å². The molecule has 3 rings (SSSR count). The minimum absolute atomic E-state index is 0.0164. The lowest BCUT2D eigenvalue weighted by Crippen LogP contribution is -2.42. The molecule has 0 spiro atoms. The van der Waals surface area contributed by atoms with Crippen LogP contribution in [0.25, 0.3) is 0 Å². The number of nitrogens with zero attached hydrogens (tertiary/aromatic N) is 3. The van der Waals surface area contributed by atoms with Crippen LogP contribution < -0.4 is 5.32 Å². The number of piperidine rings is 1. The van der Waals surface area contributed by atoms with Crippen LogP contribution >= 0.6 is 0 Å². The van der Waals surface area contributed by atoms with Crippen molar-refractivity contribution in [3.8, 4) is 0 Å². The molecule has 1 N–H and O–H groups in total. The van der Waals surface area contributed by atoms with E-state index in [-0.39, 0.29) is 5.91 Å². The van der Waals surface area contributed by atoms with Crippen molar-refractivity contribution in [3.05, 3.63) is 23.8 Å². The van der Waals surface area contributed by atoms with E-state index in [1.165, 1.54) is 57.9 Å². The average molecular weight is 330 g/mol. The largest absolute Gasteiger partial charge is 0.352 e. The van der Waals surface area contributed by atoms with Crippen LogP contribution in [0.5, 0.6) is 0 Å². The molecule has 5 heteroatoms. The summed E-state index contributed by atoms with van der Waals surface area (Å²) in [7, 11) is 0. The van der Waals surface area contributed by atoms with Crippen LogP contribution in [0.4, 0.5) is 0 Å². The van der Waals surface area contributed by atoms with Crippen molar-refractivity contribution in [1.29, 1.82) is 0 Å². The molecular weight excluding hydrogens is 300 g/mol. The highest BCUT2D eigenvalue weighted by Gasteiger charge is 2.27. The quantitative estimate of drug-likeness (QED) is 0.871. The van der Waals surface area contributed by atoms with E-state index in [0.29, 0.717) is 11.5 Å². The third-order valence-corrected chi connectivity index (χ3v) is 5.57. The lowest BCUT2D eigenvalue weighted by atomic mass is 9.95. The molecule has 1 aliphatic heterocycles. The number of rotatable bonds is 6. The Labute approximate surface area is 145 Å². The first-order chi connectivity index (χ1) is 11.8. The van der Waals surface area contributed by atoms with Crippen molar-refractivity contribution in [2.75, 3.05) is 19.6 Å². The summed E-state index contributed by atoms with van der Waals surface area (Å²) in [5.74, 6) is 0.586. The Morgan fingerprint density at radius 1 is 1.25 bits per heavy atom. The molecule has 2 heterocycles. The summed E-state index contributed by atoms with van der Waals surface area (Å²) in [6.07, 6.45) is 13.0. The standard InChI is InChI=1S/C19H30N4O/c1-2-5-18-17(13-20-14-22-18)19(24)21-12-15-8-10-23(11-9-15)16-6-3-4-7-16/h13-16H,2-12H2,1H3,(H,21,24). The van der Waals surface area contributed by atoms with Crippen LogP contribution in [-0.4, -0.2) is 46.5 Å². The summed E-state index contributed by atoms with van der Waals surface area (Å²) in [5.41, 5.74) is 1.50. The number of carbonyl (C=O) groups excluding carboxylic acids is 1. The van der Waals surface area contributed by atoms with Crippen molar-refractivity contribution < 1.29 is 4.79 Å². The van der Waals surface area contributed by atoms with Crippen LogP contribution in [0.3, 0.4) is 0 Å². The summed E-state index contributed by atoms with van der Waals surface area (Å²) in [4.78, 5) is 23.4. The van der Waals surface area contributed by atoms with Crippen LogP contribution in [0.1, 0.15) is 67.9 Å². The Kier molecular flexibility index (Phi) is 6.18. The van der Waals surface area contributed by atoms with Crippen LogP contribution in [0.2, 0.25) is 0 Å². The summed E-state index contributed by atoms with van der Waals surface area (Å²) in [6.45, 7) is 5.27. The Balaban J connectivity index is 1.45. The third-order valence-electron chi connectivity index (χ3n) is 5.57. The Morgan fingerprint density at radius 3 is 2.71 bits per heavy atom. The first kappa shape index (κ1) is 17.3. The normalized spacial score (nSPS) is 20.4. The number of aromatic nitrogens is 2. The van der Waals surface area contributed by atoms with E-state index in [4.69, 9.17) is 0 Å². The van der Waals surface area contributed by atoms with E-state index in [1.54, 1.807) is 6.20 Å². The van der Waals surface area contributed by atoms with Gasteiger partial charge in [-0.05, 0) is 51.1 Å². The van der Waals surface area contributed by atoms with Crippen molar-refractivity contribution >= 4 is 5.91 Å². The van der Waals surface area contributed by atoms with Gasteiger partial charge in [0.05, 0.1) is 11.3 Å². The molecule has 0 unspecified atom stereocenters. The molecule has 1 aliphatic carbocycles. The fraction of sp³-hybridized carbons (Fsp3) is 0.737. The monoisotopic (exact) mass is 330 g/mol. The van der Waals surface area contributed by atoms with Gasteiger partial charge in [0.2, 0.25) is 0 Å². The molecular formula is C19H30N4O. The van der Waals surface area contributed by atoms with E-state index >= 15 is 0 Å². The Bertz CT molecular complexity index is 534. The number of aryl methyl sites for hydroxylation is 1. The summed E-state index contributed by atoms with van der Waals surface area (Å²) in [6, 6.07) is 0.832. The Hall–Kier alpha value is -1.49. The fourth-order valence-corrected chi connectivity index (χ4v) is 4.10. The van der Waals surface area contributed by atoms with Crippen LogP contribution in [0.15, 0.2) is 12.5 Å². The fourth-order valence-electron chi connectivity index (χ4n) is 4.10. The third kappa shape index (κ3) is 4.32. The molecule has 1 aromatic rings. The van der Waals surface area contributed by atoms with Crippen LogP contribution in [-0.2, 0) is 6.42 Å². The molecule has 1 saturated carbocycles. The van der Waals surface area contributed by atoms with Gasteiger partial charge in [-0.15, -0.1) is 0 Å². The Morgan fingerprint density at radius 2 is 2.00 bits per heavy atom.